The molecular formula is C26H28N6OS. The van der Waals surface area contributed by atoms with E-state index in [1.165, 1.54) is 12.8 Å². The topological polar surface area (TPSA) is 85.7 Å². The normalized spacial score (nSPS) is 13.8. The van der Waals surface area contributed by atoms with Crippen LogP contribution in [0, 0.1) is 6.92 Å². The van der Waals surface area contributed by atoms with Gasteiger partial charge in [-0.2, -0.15) is 0 Å². The van der Waals surface area contributed by atoms with E-state index < -0.39 is 0 Å². The van der Waals surface area contributed by atoms with Gasteiger partial charge in [0.2, 0.25) is 0 Å². The van der Waals surface area contributed by atoms with E-state index in [1.54, 1.807) is 29.9 Å². The fourth-order valence-electron chi connectivity index (χ4n) is 4.15. The molecule has 1 aliphatic carbocycles. The number of thiazole rings is 1. The number of benzene rings is 1. The summed E-state index contributed by atoms with van der Waals surface area (Å²) in [5, 5.41) is 6.26. The van der Waals surface area contributed by atoms with E-state index in [4.69, 9.17) is 19.7 Å². The van der Waals surface area contributed by atoms with Crippen LogP contribution >= 0.6 is 11.3 Å². The van der Waals surface area contributed by atoms with Crippen LogP contribution in [-0.2, 0) is 0 Å². The Kier molecular flexibility index (Phi) is 6.76. The summed E-state index contributed by atoms with van der Waals surface area (Å²) < 4.78 is 6.20. The number of hydrogen-bond donors (Lipinski definition) is 1. The van der Waals surface area contributed by atoms with E-state index >= 15 is 0 Å². The summed E-state index contributed by atoms with van der Waals surface area (Å²) >= 11 is 1.58. The van der Waals surface area contributed by atoms with Gasteiger partial charge in [0.15, 0.2) is 11.0 Å². The smallest absolute Gasteiger partial charge is 0.183 e. The molecule has 174 valence electrons. The molecule has 7 nitrogen and oxygen atoms in total. The minimum Gasteiger partial charge on any atom is -0.490 e. The molecule has 0 aliphatic heterocycles. The van der Waals surface area contributed by atoms with Gasteiger partial charge in [0, 0.05) is 29.9 Å². The molecule has 8 heteroatoms. The second-order valence-corrected chi connectivity index (χ2v) is 9.38. The molecule has 0 amide bonds. The number of aromatic nitrogens is 5. The van der Waals surface area contributed by atoms with Crippen molar-refractivity contribution in [2.75, 3.05) is 11.9 Å². The first kappa shape index (κ1) is 22.4. The van der Waals surface area contributed by atoms with E-state index in [-0.39, 0.29) is 0 Å². The van der Waals surface area contributed by atoms with Crippen molar-refractivity contribution in [3.8, 4) is 39.9 Å². The highest BCUT2D eigenvalue weighted by molar-refractivity contribution is 7.14. The van der Waals surface area contributed by atoms with Crippen molar-refractivity contribution in [3.63, 3.8) is 0 Å². The molecule has 0 saturated heterocycles. The molecule has 1 aliphatic rings. The van der Waals surface area contributed by atoms with Gasteiger partial charge >= 0.3 is 0 Å². The zero-order valence-electron chi connectivity index (χ0n) is 19.5. The quantitative estimate of drug-likeness (QED) is 0.328. The lowest BCUT2D eigenvalue weighted by molar-refractivity contribution is 0.210. The van der Waals surface area contributed by atoms with Crippen LogP contribution in [0.1, 0.15) is 44.6 Å². The predicted octanol–water partition coefficient (Wildman–Crippen LogP) is 6.18. The Morgan fingerprint density at radius 3 is 2.62 bits per heavy atom. The number of nitrogens with one attached hydrogen (secondary N) is 1. The fourth-order valence-corrected chi connectivity index (χ4v) is 4.88. The van der Waals surface area contributed by atoms with Gasteiger partial charge in [0.1, 0.15) is 17.1 Å². The molecule has 0 bridgehead atoms. The van der Waals surface area contributed by atoms with Gasteiger partial charge in [0.25, 0.3) is 0 Å². The maximum absolute atomic E-state index is 6.20. The second kappa shape index (κ2) is 10.3. The maximum atomic E-state index is 6.20. The lowest BCUT2D eigenvalue weighted by Gasteiger charge is -2.15. The third kappa shape index (κ3) is 5.07. The Morgan fingerprint density at radius 1 is 1.00 bits per heavy atom. The lowest BCUT2D eigenvalue weighted by atomic mass is 10.0. The molecule has 3 heterocycles. The standard InChI is InChI=1S/C26H28N6OS/c1-3-10-29-26-32-24(16-34-26)22-14-21(30-25(31-22)23-15-27-11-12-28-23)20-9-8-19(13-17(20)2)33-18-6-4-5-7-18/h8-9,11-16,18H,3-7,10H2,1-2H3,(H,29,32). The van der Waals surface area contributed by atoms with Crippen LogP contribution in [0.5, 0.6) is 5.75 Å². The largest absolute Gasteiger partial charge is 0.490 e. The molecule has 0 atom stereocenters. The number of rotatable bonds is 8. The zero-order chi connectivity index (χ0) is 23.3. The van der Waals surface area contributed by atoms with Gasteiger partial charge in [-0.1, -0.05) is 6.92 Å². The Bertz CT molecular complexity index is 1250. The third-order valence-corrected chi connectivity index (χ3v) is 6.69. The highest BCUT2D eigenvalue weighted by Gasteiger charge is 2.18. The van der Waals surface area contributed by atoms with Crippen molar-refractivity contribution in [3.05, 3.63) is 53.8 Å². The summed E-state index contributed by atoms with van der Waals surface area (Å²) in [5.41, 5.74) is 5.17. The van der Waals surface area contributed by atoms with Gasteiger partial charge in [-0.3, -0.25) is 4.98 Å². The molecule has 1 fully saturated rings. The average molecular weight is 473 g/mol. The molecule has 0 unspecified atom stereocenters. The minimum atomic E-state index is 0.333. The van der Waals surface area contributed by atoms with Crippen molar-refractivity contribution in [1.29, 1.82) is 0 Å². The summed E-state index contributed by atoms with van der Waals surface area (Å²) in [7, 11) is 0. The fraction of sp³-hybridized carbons (Fsp3) is 0.346. The van der Waals surface area contributed by atoms with Gasteiger partial charge < -0.3 is 10.1 Å². The Hall–Kier alpha value is -3.39. The van der Waals surface area contributed by atoms with Crippen LogP contribution in [0.25, 0.3) is 34.2 Å². The first-order valence-electron chi connectivity index (χ1n) is 11.8. The van der Waals surface area contributed by atoms with Crippen molar-refractivity contribution < 1.29 is 4.74 Å². The van der Waals surface area contributed by atoms with Crippen LogP contribution in [-0.4, -0.2) is 37.6 Å². The van der Waals surface area contributed by atoms with Crippen LogP contribution in [0.2, 0.25) is 0 Å². The van der Waals surface area contributed by atoms with Crippen molar-refractivity contribution in [1.82, 2.24) is 24.9 Å². The number of ether oxygens (including phenoxy) is 1. The molecular weight excluding hydrogens is 444 g/mol. The molecule has 1 saturated carbocycles. The molecule has 5 rings (SSSR count). The molecule has 4 aromatic rings. The van der Waals surface area contributed by atoms with E-state index in [1.807, 2.05) is 17.5 Å². The van der Waals surface area contributed by atoms with E-state index in [0.717, 1.165) is 64.9 Å². The van der Waals surface area contributed by atoms with Crippen molar-refractivity contribution in [2.24, 2.45) is 0 Å². The van der Waals surface area contributed by atoms with Gasteiger partial charge in [-0.25, -0.2) is 19.9 Å². The third-order valence-electron chi connectivity index (χ3n) is 5.89. The van der Waals surface area contributed by atoms with Gasteiger partial charge in [-0.05, 0) is 68.9 Å². The molecule has 1 N–H and O–H groups in total. The summed E-state index contributed by atoms with van der Waals surface area (Å²) in [6.45, 7) is 5.12. The predicted molar refractivity (Wildman–Crippen MR) is 136 cm³/mol. The molecule has 34 heavy (non-hydrogen) atoms. The number of hydrogen-bond acceptors (Lipinski definition) is 8. The summed E-state index contributed by atoms with van der Waals surface area (Å²) in [6, 6.07) is 8.23. The van der Waals surface area contributed by atoms with Crippen LogP contribution < -0.4 is 10.1 Å². The van der Waals surface area contributed by atoms with Crippen LogP contribution in [0.15, 0.2) is 48.2 Å². The maximum Gasteiger partial charge on any atom is 0.183 e. The molecule has 0 radical (unpaired) electrons. The van der Waals surface area contributed by atoms with Crippen LogP contribution in [0.4, 0.5) is 5.13 Å². The monoisotopic (exact) mass is 472 g/mol. The Morgan fingerprint density at radius 2 is 1.85 bits per heavy atom. The number of anilines is 1. The van der Waals surface area contributed by atoms with Crippen molar-refractivity contribution >= 4 is 16.5 Å². The summed E-state index contributed by atoms with van der Waals surface area (Å²) in [4.78, 5) is 23.0. The van der Waals surface area contributed by atoms with E-state index in [0.29, 0.717) is 17.6 Å². The van der Waals surface area contributed by atoms with Gasteiger partial charge in [-0.15, -0.1) is 11.3 Å². The van der Waals surface area contributed by atoms with Gasteiger partial charge in [0.05, 0.1) is 23.7 Å². The summed E-state index contributed by atoms with van der Waals surface area (Å²) in [6.07, 6.45) is 11.1. The van der Waals surface area contributed by atoms with E-state index in [2.05, 4.69) is 41.3 Å². The van der Waals surface area contributed by atoms with E-state index in [9.17, 15) is 0 Å². The zero-order valence-corrected chi connectivity index (χ0v) is 20.3. The van der Waals surface area contributed by atoms with Crippen molar-refractivity contribution in [2.45, 2.75) is 52.1 Å². The average Bonchev–Trinajstić information content (AvgIpc) is 3.55. The highest BCUT2D eigenvalue weighted by atomic mass is 32.1. The van der Waals surface area contributed by atoms with Crippen LogP contribution in [0.3, 0.4) is 0 Å². The second-order valence-electron chi connectivity index (χ2n) is 8.52. The first-order chi connectivity index (χ1) is 16.7. The first-order valence-corrected chi connectivity index (χ1v) is 12.7. The molecule has 1 aromatic carbocycles. The SMILES string of the molecule is CCCNc1nc(-c2cc(-c3ccc(OC4CCCC4)cc3C)nc(-c3cnccn3)n2)cs1. The Labute approximate surface area is 203 Å². The lowest BCUT2D eigenvalue weighted by Crippen LogP contribution is -2.10. The highest BCUT2D eigenvalue weighted by Crippen LogP contribution is 2.32. The minimum absolute atomic E-state index is 0.333. The molecule has 3 aromatic heterocycles. The Balaban J connectivity index is 1.52. The summed E-state index contributed by atoms with van der Waals surface area (Å²) in [5.74, 6) is 1.45. The number of nitrogens with zero attached hydrogens (tertiary/aromatic N) is 5. The molecule has 0 spiro atoms. The number of aryl methyl sites for hydroxylation is 1.